The van der Waals surface area contributed by atoms with E-state index in [4.69, 9.17) is 0 Å². The van der Waals surface area contributed by atoms with Crippen molar-refractivity contribution in [2.45, 2.75) is 13.0 Å². The number of nitrogens with zero attached hydrogens (tertiary/aromatic N) is 1. The zero-order chi connectivity index (χ0) is 13.0. The first kappa shape index (κ1) is 12.4. The fourth-order valence-corrected chi connectivity index (χ4v) is 1.72. The molecule has 0 saturated heterocycles. The highest BCUT2D eigenvalue weighted by Crippen LogP contribution is 2.04. The Morgan fingerprint density at radius 2 is 1.94 bits per heavy atom. The third-order valence-electron chi connectivity index (χ3n) is 2.66. The number of benzene rings is 1. The molecular weight excluding hydrogens is 231 g/mol. The molecule has 0 aliphatic rings. The van der Waals surface area contributed by atoms with Gasteiger partial charge in [-0.25, -0.2) is 4.39 Å². The number of hydrogen-bond acceptors (Lipinski definition) is 1. The molecule has 0 unspecified atom stereocenters. The molecule has 18 heavy (non-hydrogen) atoms. The third kappa shape index (κ3) is 3.45. The van der Waals surface area contributed by atoms with Gasteiger partial charge in [-0.05, 0) is 29.3 Å². The van der Waals surface area contributed by atoms with Crippen molar-refractivity contribution in [3.05, 3.63) is 59.7 Å². The number of aryl methyl sites for hydroxylation is 1. The van der Waals surface area contributed by atoms with Gasteiger partial charge in [-0.1, -0.05) is 12.1 Å². The van der Waals surface area contributed by atoms with Gasteiger partial charge in [0, 0.05) is 26.0 Å². The Bertz CT molecular complexity index is 531. The Morgan fingerprint density at radius 3 is 2.56 bits per heavy atom. The molecule has 0 aliphatic heterocycles. The summed E-state index contributed by atoms with van der Waals surface area (Å²) in [5, 5.41) is 2.83. The average Bonchev–Trinajstić information content (AvgIpc) is 2.76. The molecule has 1 aromatic heterocycles. The molecule has 0 radical (unpaired) electrons. The molecule has 2 aromatic rings. The van der Waals surface area contributed by atoms with Gasteiger partial charge < -0.3 is 9.88 Å². The minimum Gasteiger partial charge on any atom is -0.357 e. The number of amides is 1. The van der Waals surface area contributed by atoms with Gasteiger partial charge in [0.2, 0.25) is 5.91 Å². The van der Waals surface area contributed by atoms with E-state index in [0.717, 1.165) is 11.1 Å². The van der Waals surface area contributed by atoms with Gasteiger partial charge in [-0.15, -0.1) is 0 Å². The Balaban J connectivity index is 1.83. The number of aromatic nitrogens is 1. The lowest BCUT2D eigenvalue weighted by Crippen LogP contribution is -2.24. The molecule has 1 N–H and O–H groups in total. The predicted octanol–water partition coefficient (Wildman–Crippen LogP) is 2.02. The lowest BCUT2D eigenvalue weighted by atomic mass is 10.1. The molecule has 1 heterocycles. The molecule has 1 amide bonds. The average molecular weight is 246 g/mol. The standard InChI is InChI=1S/C14H15FN2O/c1-17-7-6-12(10-17)9-16-14(18)8-11-2-4-13(15)5-3-11/h2-7,10H,8-9H2,1H3,(H,16,18). The summed E-state index contributed by atoms with van der Waals surface area (Å²) in [6.07, 6.45) is 4.16. The van der Waals surface area contributed by atoms with E-state index in [1.165, 1.54) is 12.1 Å². The van der Waals surface area contributed by atoms with E-state index in [1.807, 2.05) is 30.1 Å². The number of halogens is 1. The minimum atomic E-state index is -0.288. The van der Waals surface area contributed by atoms with E-state index in [9.17, 15) is 9.18 Å². The van der Waals surface area contributed by atoms with Gasteiger partial charge in [-0.3, -0.25) is 4.79 Å². The molecule has 0 atom stereocenters. The summed E-state index contributed by atoms with van der Waals surface area (Å²) in [7, 11) is 1.93. The predicted molar refractivity (Wildman–Crippen MR) is 67.4 cm³/mol. The van der Waals surface area contributed by atoms with Gasteiger partial charge in [0.15, 0.2) is 0 Å². The van der Waals surface area contributed by atoms with Crippen LogP contribution in [-0.4, -0.2) is 10.5 Å². The maximum atomic E-state index is 12.7. The molecule has 94 valence electrons. The molecule has 1 aromatic carbocycles. The molecule has 0 aliphatic carbocycles. The lowest BCUT2D eigenvalue weighted by molar-refractivity contribution is -0.120. The summed E-state index contributed by atoms with van der Waals surface area (Å²) < 4.78 is 14.6. The first-order chi connectivity index (χ1) is 8.63. The van der Waals surface area contributed by atoms with Gasteiger partial charge in [0.05, 0.1) is 6.42 Å². The van der Waals surface area contributed by atoms with Crippen LogP contribution in [0.1, 0.15) is 11.1 Å². The highest BCUT2D eigenvalue weighted by atomic mass is 19.1. The summed E-state index contributed by atoms with van der Waals surface area (Å²) in [5.74, 6) is -0.353. The van der Waals surface area contributed by atoms with Crippen LogP contribution < -0.4 is 5.32 Å². The Kier molecular flexibility index (Phi) is 3.77. The summed E-state index contributed by atoms with van der Waals surface area (Å²) >= 11 is 0. The van der Waals surface area contributed by atoms with Crippen molar-refractivity contribution in [3.8, 4) is 0 Å². The van der Waals surface area contributed by atoms with E-state index in [1.54, 1.807) is 12.1 Å². The Hall–Kier alpha value is -2.10. The smallest absolute Gasteiger partial charge is 0.224 e. The van der Waals surface area contributed by atoms with Gasteiger partial charge in [-0.2, -0.15) is 0 Å². The minimum absolute atomic E-state index is 0.0644. The van der Waals surface area contributed by atoms with E-state index in [-0.39, 0.29) is 18.1 Å². The van der Waals surface area contributed by atoms with Crippen LogP contribution in [0, 0.1) is 5.82 Å². The van der Waals surface area contributed by atoms with Crippen molar-refractivity contribution in [1.82, 2.24) is 9.88 Å². The van der Waals surface area contributed by atoms with Crippen molar-refractivity contribution in [2.75, 3.05) is 0 Å². The molecular formula is C14H15FN2O. The first-order valence-electron chi connectivity index (χ1n) is 5.75. The van der Waals surface area contributed by atoms with Crippen LogP contribution in [0.5, 0.6) is 0 Å². The van der Waals surface area contributed by atoms with Gasteiger partial charge in [0.25, 0.3) is 0 Å². The molecule has 0 saturated carbocycles. The number of hydrogen-bond donors (Lipinski definition) is 1. The van der Waals surface area contributed by atoms with Crippen LogP contribution >= 0.6 is 0 Å². The Labute approximate surface area is 105 Å². The number of carbonyl (C=O) groups is 1. The Morgan fingerprint density at radius 1 is 1.22 bits per heavy atom. The van der Waals surface area contributed by atoms with Crippen molar-refractivity contribution in [2.24, 2.45) is 7.05 Å². The SMILES string of the molecule is Cn1ccc(CNC(=O)Cc2ccc(F)cc2)c1. The van der Waals surface area contributed by atoms with Crippen LogP contribution in [0.3, 0.4) is 0 Å². The van der Waals surface area contributed by atoms with Gasteiger partial charge >= 0.3 is 0 Å². The zero-order valence-corrected chi connectivity index (χ0v) is 10.2. The van der Waals surface area contributed by atoms with E-state index in [2.05, 4.69) is 5.32 Å². The monoisotopic (exact) mass is 246 g/mol. The van der Waals surface area contributed by atoms with Crippen LogP contribution in [0.15, 0.2) is 42.7 Å². The highest BCUT2D eigenvalue weighted by molar-refractivity contribution is 5.78. The maximum Gasteiger partial charge on any atom is 0.224 e. The zero-order valence-electron chi connectivity index (χ0n) is 10.2. The van der Waals surface area contributed by atoms with Crippen molar-refractivity contribution >= 4 is 5.91 Å². The van der Waals surface area contributed by atoms with E-state index < -0.39 is 0 Å². The molecule has 0 spiro atoms. The maximum absolute atomic E-state index is 12.7. The van der Waals surface area contributed by atoms with Crippen LogP contribution in [0.2, 0.25) is 0 Å². The number of rotatable bonds is 4. The van der Waals surface area contributed by atoms with Crippen molar-refractivity contribution in [1.29, 1.82) is 0 Å². The summed E-state index contributed by atoms with van der Waals surface area (Å²) in [5.41, 5.74) is 1.87. The fraction of sp³-hybridized carbons (Fsp3) is 0.214. The van der Waals surface area contributed by atoms with Crippen LogP contribution in [0.25, 0.3) is 0 Å². The topological polar surface area (TPSA) is 34.0 Å². The van der Waals surface area contributed by atoms with E-state index >= 15 is 0 Å². The third-order valence-corrected chi connectivity index (χ3v) is 2.66. The quantitative estimate of drug-likeness (QED) is 0.880. The van der Waals surface area contributed by atoms with Crippen molar-refractivity contribution in [3.63, 3.8) is 0 Å². The highest BCUT2D eigenvalue weighted by Gasteiger charge is 2.04. The summed E-state index contributed by atoms with van der Waals surface area (Å²) in [4.78, 5) is 11.7. The van der Waals surface area contributed by atoms with E-state index in [0.29, 0.717) is 6.54 Å². The fourth-order valence-electron chi connectivity index (χ4n) is 1.72. The second kappa shape index (κ2) is 5.49. The van der Waals surface area contributed by atoms with Crippen molar-refractivity contribution < 1.29 is 9.18 Å². The molecule has 2 rings (SSSR count). The molecule has 4 heteroatoms. The molecule has 0 fully saturated rings. The molecule has 0 bridgehead atoms. The van der Waals surface area contributed by atoms with Gasteiger partial charge in [0.1, 0.15) is 5.82 Å². The second-order valence-corrected chi connectivity index (χ2v) is 4.27. The second-order valence-electron chi connectivity index (χ2n) is 4.27. The number of nitrogens with one attached hydrogen (secondary N) is 1. The van der Waals surface area contributed by atoms with Crippen LogP contribution in [0.4, 0.5) is 4.39 Å². The first-order valence-corrected chi connectivity index (χ1v) is 5.75. The summed E-state index contributed by atoms with van der Waals surface area (Å²) in [6, 6.07) is 7.92. The van der Waals surface area contributed by atoms with Crippen LogP contribution in [-0.2, 0) is 24.8 Å². The normalized spacial score (nSPS) is 10.3. The largest absolute Gasteiger partial charge is 0.357 e. The molecule has 3 nitrogen and oxygen atoms in total. The number of carbonyl (C=O) groups excluding carboxylic acids is 1. The summed E-state index contributed by atoms with van der Waals surface area (Å²) in [6.45, 7) is 0.515. The lowest BCUT2D eigenvalue weighted by Gasteiger charge is -2.04.